The summed E-state index contributed by atoms with van der Waals surface area (Å²) in [4.78, 5) is 24.7. The van der Waals surface area contributed by atoms with Crippen molar-refractivity contribution < 1.29 is 14.0 Å². The molecule has 0 saturated carbocycles. The molecule has 0 aliphatic carbocycles. The van der Waals surface area contributed by atoms with Crippen LogP contribution in [0.1, 0.15) is 12.0 Å². The molecule has 1 heterocycles. The van der Waals surface area contributed by atoms with Crippen molar-refractivity contribution in [2.75, 3.05) is 13.2 Å². The maximum Gasteiger partial charge on any atom is 0.233 e. The number of hydrogen-bond acceptors (Lipinski definition) is 2. The summed E-state index contributed by atoms with van der Waals surface area (Å²) in [6.07, 6.45) is 0.439. The number of ketones is 1. The lowest BCUT2D eigenvalue weighted by molar-refractivity contribution is -0.137. The highest BCUT2D eigenvalue weighted by Crippen LogP contribution is 2.21. The van der Waals surface area contributed by atoms with E-state index in [4.69, 9.17) is 0 Å². The summed E-state index contributed by atoms with van der Waals surface area (Å²) in [5.74, 6) is -1.59. The van der Waals surface area contributed by atoms with Gasteiger partial charge in [-0.25, -0.2) is 4.39 Å². The summed E-state index contributed by atoms with van der Waals surface area (Å²) < 4.78 is 12.2. The zero-order valence-electron chi connectivity index (χ0n) is 9.43. The first-order valence-electron chi connectivity index (χ1n) is 5.63. The Labute approximate surface area is 99.2 Å². The molecule has 1 aliphatic rings. The molecule has 3 nitrogen and oxygen atoms in total. The summed E-state index contributed by atoms with van der Waals surface area (Å²) in [7, 11) is 0. The van der Waals surface area contributed by atoms with Gasteiger partial charge < -0.3 is 4.90 Å². The molecule has 0 radical (unpaired) electrons. The molecule has 2 rings (SSSR count). The number of alkyl halides is 1. The van der Waals surface area contributed by atoms with Crippen molar-refractivity contribution in [3.63, 3.8) is 0 Å². The van der Waals surface area contributed by atoms with E-state index in [0.717, 1.165) is 5.56 Å². The minimum atomic E-state index is -1.05. The summed E-state index contributed by atoms with van der Waals surface area (Å²) in [5.41, 5.74) is 1.02. The smallest absolute Gasteiger partial charge is 0.233 e. The third-order valence-corrected chi connectivity index (χ3v) is 3.03. The van der Waals surface area contributed by atoms with Crippen LogP contribution in [0.2, 0.25) is 0 Å². The van der Waals surface area contributed by atoms with Gasteiger partial charge in [0, 0.05) is 13.1 Å². The number of rotatable bonds is 4. The largest absolute Gasteiger partial charge is 0.338 e. The average molecular weight is 235 g/mol. The Bertz CT molecular complexity index is 419. The number of benzene rings is 1. The van der Waals surface area contributed by atoms with Crippen LogP contribution in [0.3, 0.4) is 0 Å². The van der Waals surface area contributed by atoms with Crippen LogP contribution in [-0.4, -0.2) is 29.8 Å². The Balaban J connectivity index is 2.01. The van der Waals surface area contributed by atoms with E-state index >= 15 is 0 Å². The number of halogens is 1. The van der Waals surface area contributed by atoms with Crippen molar-refractivity contribution in [3.05, 3.63) is 35.9 Å². The van der Waals surface area contributed by atoms with Crippen molar-refractivity contribution in [2.24, 2.45) is 5.92 Å². The lowest BCUT2D eigenvalue weighted by Crippen LogP contribution is -2.30. The first-order chi connectivity index (χ1) is 8.22. The maximum atomic E-state index is 12.2. The molecule has 90 valence electrons. The molecule has 1 amide bonds. The fourth-order valence-corrected chi connectivity index (χ4v) is 2.09. The van der Waals surface area contributed by atoms with Crippen LogP contribution in [0.15, 0.2) is 30.3 Å². The Morgan fingerprint density at radius 1 is 1.35 bits per heavy atom. The lowest BCUT2D eigenvalue weighted by Gasteiger charge is -2.16. The summed E-state index contributed by atoms with van der Waals surface area (Å²) in [6, 6.07) is 9.57. The highest BCUT2D eigenvalue weighted by atomic mass is 19.1. The van der Waals surface area contributed by atoms with Gasteiger partial charge in [0.1, 0.15) is 12.6 Å². The minimum Gasteiger partial charge on any atom is -0.338 e. The average Bonchev–Trinajstić information content (AvgIpc) is 2.72. The fraction of sp³-hybridized carbons (Fsp3) is 0.385. The van der Waals surface area contributed by atoms with Gasteiger partial charge in [-0.1, -0.05) is 30.3 Å². The van der Waals surface area contributed by atoms with Gasteiger partial charge in [0.2, 0.25) is 5.91 Å². The van der Waals surface area contributed by atoms with Crippen molar-refractivity contribution in [1.29, 1.82) is 0 Å². The van der Waals surface area contributed by atoms with E-state index in [9.17, 15) is 14.0 Å². The van der Waals surface area contributed by atoms with Gasteiger partial charge in [0.15, 0.2) is 5.78 Å². The molecular weight excluding hydrogens is 221 g/mol. The number of nitrogens with zero attached hydrogens (tertiary/aromatic N) is 1. The first-order valence-corrected chi connectivity index (χ1v) is 5.63. The standard InChI is InChI=1S/C13H14FNO2/c14-8-12(16)11-6-7-15(13(11)17)9-10-4-2-1-3-5-10/h1-5,11H,6-9H2. The van der Waals surface area contributed by atoms with Crippen LogP contribution in [0.5, 0.6) is 0 Å². The van der Waals surface area contributed by atoms with Crippen LogP contribution >= 0.6 is 0 Å². The monoisotopic (exact) mass is 235 g/mol. The molecule has 1 aromatic rings. The lowest BCUT2D eigenvalue weighted by atomic mass is 10.0. The van der Waals surface area contributed by atoms with Gasteiger partial charge in [-0.2, -0.15) is 0 Å². The number of Topliss-reactive ketones (excluding diaryl/α,β-unsaturated/α-hetero) is 1. The number of carbonyl (C=O) groups is 2. The van der Waals surface area contributed by atoms with E-state index in [1.54, 1.807) is 4.90 Å². The molecular formula is C13H14FNO2. The molecule has 0 bridgehead atoms. The molecule has 1 unspecified atom stereocenters. The van der Waals surface area contributed by atoms with Crippen molar-refractivity contribution in [1.82, 2.24) is 4.90 Å². The van der Waals surface area contributed by atoms with Gasteiger partial charge in [-0.3, -0.25) is 9.59 Å². The molecule has 0 spiro atoms. The topological polar surface area (TPSA) is 37.4 Å². The van der Waals surface area contributed by atoms with Crippen molar-refractivity contribution >= 4 is 11.7 Å². The second-order valence-corrected chi connectivity index (χ2v) is 4.19. The molecule has 17 heavy (non-hydrogen) atoms. The molecule has 4 heteroatoms. The second-order valence-electron chi connectivity index (χ2n) is 4.19. The molecule has 0 N–H and O–H groups in total. The Morgan fingerprint density at radius 3 is 2.71 bits per heavy atom. The second kappa shape index (κ2) is 5.08. The summed E-state index contributed by atoms with van der Waals surface area (Å²) in [6.45, 7) is -0.0184. The predicted molar refractivity (Wildman–Crippen MR) is 60.9 cm³/mol. The third-order valence-electron chi connectivity index (χ3n) is 3.03. The Hall–Kier alpha value is -1.71. The molecule has 1 aromatic carbocycles. The number of likely N-dealkylation sites (tertiary alicyclic amines) is 1. The molecule has 1 saturated heterocycles. The molecule has 1 fully saturated rings. The van der Waals surface area contributed by atoms with E-state index in [-0.39, 0.29) is 5.91 Å². The summed E-state index contributed by atoms with van der Waals surface area (Å²) in [5, 5.41) is 0. The summed E-state index contributed by atoms with van der Waals surface area (Å²) >= 11 is 0. The van der Waals surface area contributed by atoms with Gasteiger partial charge in [-0.05, 0) is 12.0 Å². The van der Waals surface area contributed by atoms with Crippen LogP contribution in [0.25, 0.3) is 0 Å². The first kappa shape index (κ1) is 11.8. The molecule has 1 atom stereocenters. The van der Waals surface area contributed by atoms with Gasteiger partial charge >= 0.3 is 0 Å². The Kier molecular flexibility index (Phi) is 3.52. The van der Waals surface area contributed by atoms with E-state index in [1.165, 1.54) is 0 Å². The van der Waals surface area contributed by atoms with Gasteiger partial charge in [0.05, 0.1) is 0 Å². The van der Waals surface area contributed by atoms with Crippen LogP contribution in [0.4, 0.5) is 4.39 Å². The van der Waals surface area contributed by atoms with E-state index in [2.05, 4.69) is 0 Å². The molecule has 1 aliphatic heterocycles. The van der Waals surface area contributed by atoms with Crippen LogP contribution < -0.4 is 0 Å². The van der Waals surface area contributed by atoms with Crippen molar-refractivity contribution in [2.45, 2.75) is 13.0 Å². The minimum absolute atomic E-state index is 0.239. The van der Waals surface area contributed by atoms with Gasteiger partial charge in [0.25, 0.3) is 0 Å². The quantitative estimate of drug-likeness (QED) is 0.743. The van der Waals surface area contributed by atoms with E-state index < -0.39 is 18.4 Å². The van der Waals surface area contributed by atoms with Gasteiger partial charge in [-0.15, -0.1) is 0 Å². The SMILES string of the molecule is O=C(CF)C1CCN(Cc2ccccc2)C1=O. The number of carbonyl (C=O) groups excluding carboxylic acids is 2. The highest BCUT2D eigenvalue weighted by molar-refractivity contribution is 6.03. The number of hydrogen-bond donors (Lipinski definition) is 0. The highest BCUT2D eigenvalue weighted by Gasteiger charge is 2.36. The van der Waals surface area contributed by atoms with E-state index in [1.807, 2.05) is 30.3 Å². The zero-order valence-corrected chi connectivity index (χ0v) is 9.43. The zero-order chi connectivity index (χ0) is 12.3. The van der Waals surface area contributed by atoms with Crippen LogP contribution in [-0.2, 0) is 16.1 Å². The maximum absolute atomic E-state index is 12.2. The predicted octanol–water partition coefficient (Wildman–Crippen LogP) is 1.57. The Morgan fingerprint density at radius 2 is 2.06 bits per heavy atom. The molecule has 0 aromatic heterocycles. The van der Waals surface area contributed by atoms with Crippen molar-refractivity contribution in [3.8, 4) is 0 Å². The normalized spacial score (nSPS) is 19.7. The fourth-order valence-electron chi connectivity index (χ4n) is 2.09. The van der Waals surface area contributed by atoms with E-state index in [0.29, 0.717) is 19.5 Å². The van der Waals surface area contributed by atoms with Crippen LogP contribution in [0, 0.1) is 5.92 Å². The number of amides is 1. The third kappa shape index (κ3) is 2.52.